The Hall–Kier alpha value is -3.13. The zero-order valence-electron chi connectivity index (χ0n) is 20.8. The van der Waals surface area contributed by atoms with E-state index in [9.17, 15) is 14.7 Å². The van der Waals surface area contributed by atoms with Gasteiger partial charge >= 0.3 is 6.03 Å². The molecule has 35 heavy (non-hydrogen) atoms. The molecule has 8 heteroatoms. The van der Waals surface area contributed by atoms with Crippen molar-refractivity contribution in [2.24, 2.45) is 5.92 Å². The molecule has 1 aliphatic heterocycles. The van der Waals surface area contributed by atoms with Crippen LogP contribution in [0.25, 0.3) is 11.1 Å². The Morgan fingerprint density at radius 1 is 1.26 bits per heavy atom. The molecule has 2 aromatic rings. The Morgan fingerprint density at radius 2 is 1.97 bits per heavy atom. The van der Waals surface area contributed by atoms with Gasteiger partial charge in [0.1, 0.15) is 11.7 Å². The Balaban J connectivity index is 1.61. The predicted molar refractivity (Wildman–Crippen MR) is 134 cm³/mol. The highest BCUT2D eigenvalue weighted by Gasteiger charge is 2.35. The lowest BCUT2D eigenvalue weighted by atomic mass is 9.99. The van der Waals surface area contributed by atoms with E-state index in [-0.39, 0.29) is 48.5 Å². The minimum absolute atomic E-state index is 0.0848. The van der Waals surface area contributed by atoms with Crippen molar-refractivity contribution in [1.82, 2.24) is 20.1 Å². The first kappa shape index (κ1) is 25.0. The number of carbonyl (C=O) groups excluding carboxylic acids is 2. The fraction of sp³-hybridized carbons (Fsp3) is 0.519. The number of aromatic nitrogens is 1. The highest BCUT2D eigenvalue weighted by atomic mass is 16.5. The number of amides is 3. The lowest BCUT2D eigenvalue weighted by molar-refractivity contribution is 0.0351. The van der Waals surface area contributed by atoms with Crippen LogP contribution in [-0.4, -0.2) is 76.8 Å². The molecular formula is C27H36N4O4. The molecule has 0 radical (unpaired) electrons. The smallest absolute Gasteiger partial charge is 0.317 e. The number of aliphatic hydroxyl groups is 1. The van der Waals surface area contributed by atoms with Gasteiger partial charge in [0.05, 0.1) is 19.2 Å². The largest absolute Gasteiger partial charge is 0.472 e. The van der Waals surface area contributed by atoms with Crippen molar-refractivity contribution in [2.45, 2.75) is 57.7 Å². The van der Waals surface area contributed by atoms with Crippen LogP contribution in [0.15, 0.2) is 42.6 Å². The summed E-state index contributed by atoms with van der Waals surface area (Å²) in [7, 11) is 1.77. The first-order valence-electron chi connectivity index (χ1n) is 12.5. The maximum Gasteiger partial charge on any atom is 0.317 e. The van der Waals surface area contributed by atoms with Gasteiger partial charge in [-0.1, -0.05) is 50.1 Å². The van der Waals surface area contributed by atoms with Gasteiger partial charge in [0, 0.05) is 37.3 Å². The third kappa shape index (κ3) is 5.75. The van der Waals surface area contributed by atoms with Crippen LogP contribution < -0.4 is 10.1 Å². The van der Waals surface area contributed by atoms with Crippen molar-refractivity contribution < 1.29 is 19.4 Å². The molecule has 3 amide bonds. The molecule has 1 fully saturated rings. The molecule has 188 valence electrons. The number of ether oxygens (including phenoxy) is 1. The number of fused-ring (bicyclic) bond motifs is 1. The van der Waals surface area contributed by atoms with Crippen LogP contribution in [0.5, 0.6) is 5.88 Å². The second-order valence-electron chi connectivity index (χ2n) is 9.88. The monoisotopic (exact) mass is 480 g/mol. The van der Waals surface area contributed by atoms with Gasteiger partial charge in [-0.2, -0.15) is 0 Å². The molecule has 3 atom stereocenters. The number of urea groups is 1. The number of carbonyl (C=O) groups is 2. The summed E-state index contributed by atoms with van der Waals surface area (Å²) in [5.41, 5.74) is 2.13. The summed E-state index contributed by atoms with van der Waals surface area (Å²) in [5, 5.41) is 13.0. The Labute approximate surface area is 207 Å². The number of aliphatic hydroxyl groups excluding tert-OH is 1. The summed E-state index contributed by atoms with van der Waals surface area (Å²) < 4.78 is 6.32. The van der Waals surface area contributed by atoms with Crippen molar-refractivity contribution in [3.63, 3.8) is 0 Å². The number of likely N-dealkylation sites (N-methyl/N-ethyl adjacent to an activating group) is 1. The number of hydrogen-bond acceptors (Lipinski definition) is 5. The van der Waals surface area contributed by atoms with Crippen LogP contribution in [0.3, 0.4) is 0 Å². The molecule has 1 saturated carbocycles. The van der Waals surface area contributed by atoms with E-state index in [2.05, 4.69) is 10.3 Å². The first-order valence-corrected chi connectivity index (χ1v) is 12.5. The van der Waals surface area contributed by atoms with E-state index in [0.29, 0.717) is 18.7 Å². The van der Waals surface area contributed by atoms with E-state index < -0.39 is 0 Å². The molecular weight excluding hydrogens is 444 g/mol. The maximum absolute atomic E-state index is 13.6. The lowest BCUT2D eigenvalue weighted by Gasteiger charge is -2.37. The van der Waals surface area contributed by atoms with Crippen molar-refractivity contribution in [1.29, 1.82) is 0 Å². The van der Waals surface area contributed by atoms with Crippen molar-refractivity contribution in [2.75, 3.05) is 26.7 Å². The van der Waals surface area contributed by atoms with Crippen LogP contribution in [0.1, 0.15) is 49.9 Å². The zero-order valence-corrected chi connectivity index (χ0v) is 20.8. The van der Waals surface area contributed by atoms with E-state index in [1.165, 1.54) is 0 Å². The number of hydrogen-bond donors (Lipinski definition) is 2. The van der Waals surface area contributed by atoms with E-state index in [0.717, 1.165) is 36.8 Å². The minimum atomic E-state index is -0.371. The van der Waals surface area contributed by atoms with Crippen LogP contribution in [0.4, 0.5) is 4.79 Å². The molecule has 2 N–H and O–H groups in total. The first-order chi connectivity index (χ1) is 16.9. The quantitative estimate of drug-likeness (QED) is 0.659. The molecule has 0 unspecified atom stereocenters. The van der Waals surface area contributed by atoms with Crippen LogP contribution in [-0.2, 0) is 0 Å². The van der Waals surface area contributed by atoms with E-state index in [1.54, 1.807) is 29.1 Å². The second kappa shape index (κ2) is 11.1. The highest BCUT2D eigenvalue weighted by Crippen LogP contribution is 2.30. The fourth-order valence-corrected chi connectivity index (χ4v) is 4.82. The summed E-state index contributed by atoms with van der Waals surface area (Å²) in [6, 6.07) is 11.3. The Kier molecular flexibility index (Phi) is 7.90. The fourth-order valence-electron chi connectivity index (χ4n) is 4.82. The maximum atomic E-state index is 13.6. The molecule has 2 aliphatic rings. The lowest BCUT2D eigenvalue weighted by Crippen LogP contribution is -2.52. The average molecular weight is 481 g/mol. The third-order valence-electron chi connectivity index (χ3n) is 7.11. The Morgan fingerprint density at radius 3 is 2.66 bits per heavy atom. The van der Waals surface area contributed by atoms with Gasteiger partial charge in [-0.25, -0.2) is 9.78 Å². The van der Waals surface area contributed by atoms with Gasteiger partial charge in [-0.15, -0.1) is 0 Å². The minimum Gasteiger partial charge on any atom is -0.472 e. The molecule has 0 bridgehead atoms. The molecule has 8 nitrogen and oxygen atoms in total. The summed E-state index contributed by atoms with van der Waals surface area (Å²) >= 11 is 0. The topological polar surface area (TPSA) is 95.0 Å². The number of rotatable bonds is 6. The van der Waals surface area contributed by atoms with Gasteiger partial charge in [0.15, 0.2) is 0 Å². The van der Waals surface area contributed by atoms with E-state index >= 15 is 0 Å². The third-order valence-corrected chi connectivity index (χ3v) is 7.11. The van der Waals surface area contributed by atoms with Crippen LogP contribution in [0, 0.1) is 5.92 Å². The summed E-state index contributed by atoms with van der Waals surface area (Å²) in [6.45, 7) is 4.45. The van der Waals surface area contributed by atoms with Crippen LogP contribution in [0.2, 0.25) is 0 Å². The number of pyridine rings is 1. The Bertz CT molecular complexity index is 1030. The molecule has 1 aromatic carbocycles. The van der Waals surface area contributed by atoms with Gasteiger partial charge in [0.25, 0.3) is 5.91 Å². The molecule has 4 rings (SSSR count). The van der Waals surface area contributed by atoms with Crippen molar-refractivity contribution in [3.05, 3.63) is 48.2 Å². The molecule has 2 heterocycles. The summed E-state index contributed by atoms with van der Waals surface area (Å²) in [5.74, 6) is -0.0473. The van der Waals surface area contributed by atoms with Gasteiger partial charge in [-0.05, 0) is 31.4 Å². The summed E-state index contributed by atoms with van der Waals surface area (Å²) in [4.78, 5) is 34.2. The van der Waals surface area contributed by atoms with Crippen molar-refractivity contribution >= 4 is 11.9 Å². The number of nitrogens with zero attached hydrogens (tertiary/aromatic N) is 3. The molecule has 0 saturated heterocycles. The normalized spacial score (nSPS) is 21.5. The van der Waals surface area contributed by atoms with Gasteiger partial charge < -0.3 is 25.0 Å². The molecule has 1 aliphatic carbocycles. The molecule has 0 spiro atoms. The van der Waals surface area contributed by atoms with Gasteiger partial charge in [0.2, 0.25) is 5.88 Å². The summed E-state index contributed by atoms with van der Waals surface area (Å²) in [6.07, 6.45) is 5.68. The van der Waals surface area contributed by atoms with Crippen molar-refractivity contribution in [3.8, 4) is 17.0 Å². The van der Waals surface area contributed by atoms with Crippen LogP contribution >= 0.6 is 0 Å². The number of benzene rings is 1. The standard InChI is InChI=1S/C27H36N4O4/c1-18-15-31(19(2)17-32)26(33)23-13-21(20-9-5-4-6-10-20)14-28-25(23)35-24(18)16-30(3)27(34)29-22-11-7-8-12-22/h4-6,9-10,13-14,18-19,22,24,32H,7-8,11-12,15-17H2,1-3H3,(H,29,34)/t18-,19-,24+/m0/s1. The van der Waals surface area contributed by atoms with Gasteiger partial charge in [-0.3, -0.25) is 4.79 Å². The predicted octanol–water partition coefficient (Wildman–Crippen LogP) is 3.55. The highest BCUT2D eigenvalue weighted by molar-refractivity contribution is 5.98. The van der Waals surface area contributed by atoms with E-state index in [1.807, 2.05) is 44.2 Å². The number of nitrogens with one attached hydrogen (secondary N) is 1. The SMILES string of the molecule is C[C@H]1CN([C@@H](C)CO)C(=O)c2cc(-c3ccccc3)cnc2O[C@@H]1CN(C)C(=O)NC1CCCC1. The van der Waals surface area contributed by atoms with E-state index in [4.69, 9.17) is 4.74 Å². The average Bonchev–Trinajstić information content (AvgIpc) is 3.39. The second-order valence-corrected chi connectivity index (χ2v) is 9.88. The zero-order chi connectivity index (χ0) is 24.9. The molecule has 1 aromatic heterocycles.